The molecule has 0 aliphatic heterocycles. The van der Waals surface area contributed by atoms with Crippen LogP contribution in [0.4, 0.5) is 10.1 Å². The van der Waals surface area contributed by atoms with Gasteiger partial charge in [-0.3, -0.25) is 4.79 Å². The number of anilines is 1. The van der Waals surface area contributed by atoms with Crippen molar-refractivity contribution in [1.82, 2.24) is 9.21 Å². The van der Waals surface area contributed by atoms with Gasteiger partial charge in [0.1, 0.15) is 12.4 Å². The Morgan fingerprint density at radius 2 is 1.52 bits per heavy atom. The van der Waals surface area contributed by atoms with Crippen molar-refractivity contribution in [3.8, 4) is 0 Å². The first kappa shape index (κ1) is 20.9. The average molecular weight is 393 g/mol. The van der Waals surface area contributed by atoms with Gasteiger partial charge in [-0.1, -0.05) is 29.8 Å². The highest BCUT2D eigenvalue weighted by molar-refractivity contribution is 7.90. The predicted molar refractivity (Wildman–Crippen MR) is 104 cm³/mol. The lowest BCUT2D eigenvalue weighted by Gasteiger charge is -2.28. The van der Waals surface area contributed by atoms with Crippen LogP contribution in [0.2, 0.25) is 0 Å². The maximum atomic E-state index is 13.2. The molecule has 0 atom stereocenters. The van der Waals surface area contributed by atoms with Gasteiger partial charge in [-0.25, -0.2) is 8.70 Å². The van der Waals surface area contributed by atoms with Gasteiger partial charge in [0.15, 0.2) is 0 Å². The van der Waals surface area contributed by atoms with Crippen LogP contribution in [-0.4, -0.2) is 51.2 Å². The zero-order valence-corrected chi connectivity index (χ0v) is 16.7. The first-order chi connectivity index (χ1) is 12.6. The minimum atomic E-state index is -3.92. The summed E-state index contributed by atoms with van der Waals surface area (Å²) in [5.74, 6) is -0.853. The fourth-order valence-corrected chi connectivity index (χ4v) is 3.47. The third kappa shape index (κ3) is 5.27. The van der Waals surface area contributed by atoms with Crippen LogP contribution in [0.3, 0.4) is 0 Å². The lowest BCUT2D eigenvalue weighted by atomic mass is 10.1. The van der Waals surface area contributed by atoms with E-state index in [-0.39, 0.29) is 18.1 Å². The Morgan fingerprint density at radius 3 is 2.04 bits per heavy atom. The number of carbonyl (C=O) groups excluding carboxylic acids is 1. The van der Waals surface area contributed by atoms with Gasteiger partial charge in [0.2, 0.25) is 5.91 Å². The van der Waals surface area contributed by atoms with Crippen LogP contribution in [0.5, 0.6) is 0 Å². The highest BCUT2D eigenvalue weighted by Crippen LogP contribution is 2.20. The molecule has 8 heteroatoms. The van der Waals surface area contributed by atoms with Crippen LogP contribution >= 0.6 is 0 Å². The molecule has 6 nitrogen and oxygen atoms in total. The van der Waals surface area contributed by atoms with E-state index in [9.17, 15) is 17.6 Å². The molecule has 0 aromatic heterocycles. The third-order valence-electron chi connectivity index (χ3n) is 4.10. The number of amides is 1. The van der Waals surface area contributed by atoms with E-state index < -0.39 is 16.0 Å². The van der Waals surface area contributed by atoms with Gasteiger partial charge in [0, 0.05) is 27.7 Å². The zero-order valence-electron chi connectivity index (χ0n) is 15.9. The molecule has 146 valence electrons. The van der Waals surface area contributed by atoms with Crippen molar-refractivity contribution in [2.24, 2.45) is 0 Å². The average Bonchev–Trinajstić information content (AvgIpc) is 2.62. The minimum absolute atomic E-state index is 0.224. The standard InChI is InChI=1S/C19H24FN3O3S/c1-15-5-7-16(8-6-15)13-22(4)19(24)14-23(27(25,26)21(2)3)18-11-9-17(20)10-12-18/h5-12H,13-14H2,1-4H3. The second-order valence-electron chi connectivity index (χ2n) is 6.51. The zero-order chi connectivity index (χ0) is 20.2. The molecular formula is C19H24FN3O3S. The highest BCUT2D eigenvalue weighted by atomic mass is 32.2. The molecule has 0 saturated heterocycles. The Morgan fingerprint density at radius 1 is 0.963 bits per heavy atom. The molecule has 0 aliphatic rings. The van der Waals surface area contributed by atoms with Crippen LogP contribution in [0.25, 0.3) is 0 Å². The Hall–Kier alpha value is -2.45. The van der Waals surface area contributed by atoms with E-state index in [4.69, 9.17) is 0 Å². The third-order valence-corrected chi connectivity index (χ3v) is 5.92. The van der Waals surface area contributed by atoms with Crippen molar-refractivity contribution in [2.75, 3.05) is 32.0 Å². The number of aryl methyl sites for hydroxylation is 1. The van der Waals surface area contributed by atoms with E-state index in [2.05, 4.69) is 0 Å². The molecule has 0 saturated carbocycles. The number of hydrogen-bond acceptors (Lipinski definition) is 3. The number of likely N-dealkylation sites (N-methyl/N-ethyl adjacent to an activating group) is 1. The summed E-state index contributed by atoms with van der Waals surface area (Å²) in [6.45, 7) is 1.96. The van der Waals surface area contributed by atoms with Crippen molar-refractivity contribution in [3.05, 3.63) is 65.5 Å². The number of carbonyl (C=O) groups is 1. The number of benzene rings is 2. The topological polar surface area (TPSA) is 60.9 Å². The largest absolute Gasteiger partial charge is 0.340 e. The molecule has 1 amide bonds. The second kappa shape index (κ2) is 8.49. The Labute approximate surface area is 160 Å². The Balaban J connectivity index is 2.22. The molecule has 0 fully saturated rings. The molecule has 2 aromatic carbocycles. The lowest BCUT2D eigenvalue weighted by molar-refractivity contribution is -0.128. The SMILES string of the molecule is Cc1ccc(CN(C)C(=O)CN(c2ccc(F)cc2)S(=O)(=O)N(C)C)cc1. The van der Waals surface area contributed by atoms with Crippen LogP contribution in [0.1, 0.15) is 11.1 Å². The molecule has 2 aromatic rings. The van der Waals surface area contributed by atoms with Gasteiger partial charge in [-0.05, 0) is 36.8 Å². The van der Waals surface area contributed by atoms with Gasteiger partial charge in [0.05, 0.1) is 5.69 Å². The molecule has 0 spiro atoms. The summed E-state index contributed by atoms with van der Waals surface area (Å²) < 4.78 is 40.5. The monoisotopic (exact) mass is 393 g/mol. The summed E-state index contributed by atoms with van der Waals surface area (Å²) in [6, 6.07) is 12.8. The summed E-state index contributed by atoms with van der Waals surface area (Å²) in [5.41, 5.74) is 2.29. The van der Waals surface area contributed by atoms with Gasteiger partial charge < -0.3 is 4.90 Å². The van der Waals surface area contributed by atoms with Crippen molar-refractivity contribution < 1.29 is 17.6 Å². The number of nitrogens with zero attached hydrogens (tertiary/aromatic N) is 3. The van der Waals surface area contributed by atoms with Gasteiger partial charge >= 0.3 is 10.2 Å². The predicted octanol–water partition coefficient (Wildman–Crippen LogP) is 2.41. The summed E-state index contributed by atoms with van der Waals surface area (Å²) in [6.07, 6.45) is 0. The number of halogens is 1. The van der Waals surface area contributed by atoms with Gasteiger partial charge in [0.25, 0.3) is 0 Å². The molecule has 0 unspecified atom stereocenters. The first-order valence-electron chi connectivity index (χ1n) is 8.36. The van der Waals surface area contributed by atoms with Crippen LogP contribution in [0.15, 0.2) is 48.5 Å². The van der Waals surface area contributed by atoms with Crippen LogP contribution in [0, 0.1) is 12.7 Å². The Kier molecular flexibility index (Phi) is 6.56. The van der Waals surface area contributed by atoms with E-state index in [1.165, 1.54) is 31.1 Å². The number of rotatable bonds is 7. The summed E-state index contributed by atoms with van der Waals surface area (Å²) >= 11 is 0. The second-order valence-corrected chi connectivity index (χ2v) is 8.58. The van der Waals surface area contributed by atoms with E-state index in [0.717, 1.165) is 31.9 Å². The Bertz CT molecular complexity index is 881. The maximum Gasteiger partial charge on any atom is 0.304 e. The van der Waals surface area contributed by atoms with Gasteiger partial charge in [-0.15, -0.1) is 0 Å². The van der Waals surface area contributed by atoms with Crippen molar-refractivity contribution in [1.29, 1.82) is 0 Å². The van der Waals surface area contributed by atoms with Crippen molar-refractivity contribution in [3.63, 3.8) is 0 Å². The lowest BCUT2D eigenvalue weighted by Crippen LogP contribution is -2.46. The summed E-state index contributed by atoms with van der Waals surface area (Å²) in [7, 11) is 0.466. The highest BCUT2D eigenvalue weighted by Gasteiger charge is 2.28. The van der Waals surface area contributed by atoms with E-state index >= 15 is 0 Å². The summed E-state index contributed by atoms with van der Waals surface area (Å²) in [4.78, 5) is 14.1. The first-order valence-corrected chi connectivity index (χ1v) is 9.76. The molecule has 2 rings (SSSR count). The molecule has 0 bridgehead atoms. The molecule has 0 heterocycles. The summed E-state index contributed by atoms with van der Waals surface area (Å²) in [5, 5.41) is 0. The maximum absolute atomic E-state index is 13.2. The fraction of sp³-hybridized carbons (Fsp3) is 0.316. The quantitative estimate of drug-likeness (QED) is 0.726. The molecule has 27 heavy (non-hydrogen) atoms. The smallest absolute Gasteiger partial charge is 0.304 e. The minimum Gasteiger partial charge on any atom is -0.340 e. The van der Waals surface area contributed by atoms with Gasteiger partial charge in [-0.2, -0.15) is 12.7 Å². The molecular weight excluding hydrogens is 369 g/mol. The van der Waals surface area contributed by atoms with E-state index in [1.807, 2.05) is 31.2 Å². The molecule has 0 N–H and O–H groups in total. The van der Waals surface area contributed by atoms with Crippen LogP contribution in [-0.2, 0) is 21.5 Å². The van der Waals surface area contributed by atoms with Crippen molar-refractivity contribution >= 4 is 21.8 Å². The molecule has 0 aliphatic carbocycles. The molecule has 0 radical (unpaired) electrons. The van der Waals surface area contributed by atoms with E-state index in [0.29, 0.717) is 6.54 Å². The van der Waals surface area contributed by atoms with Crippen molar-refractivity contribution in [2.45, 2.75) is 13.5 Å². The van der Waals surface area contributed by atoms with Crippen LogP contribution < -0.4 is 4.31 Å². The normalized spacial score (nSPS) is 11.5. The fourth-order valence-electron chi connectivity index (χ4n) is 2.41. The van der Waals surface area contributed by atoms with E-state index in [1.54, 1.807) is 7.05 Å². The number of hydrogen-bond donors (Lipinski definition) is 0.